The van der Waals surface area contributed by atoms with Gasteiger partial charge >= 0.3 is 0 Å². The minimum Gasteiger partial charge on any atom is -0.102 e. The van der Waals surface area contributed by atoms with E-state index in [0.29, 0.717) is 5.92 Å². The molecule has 0 aliphatic carbocycles. The van der Waals surface area contributed by atoms with Crippen molar-refractivity contribution in [1.82, 2.24) is 0 Å². The van der Waals surface area contributed by atoms with Crippen LogP contribution < -0.4 is 0 Å². The molecule has 0 aromatic rings. The minimum absolute atomic E-state index is 0.475. The summed E-state index contributed by atoms with van der Waals surface area (Å²) in [6.45, 7) is 6.31. The average Bonchev–Trinajstić information content (AvgIpc) is 1.96. The van der Waals surface area contributed by atoms with E-state index >= 15 is 0 Å². The van der Waals surface area contributed by atoms with Crippen LogP contribution in [0.15, 0.2) is 0 Å². The second kappa shape index (κ2) is 7.23. The van der Waals surface area contributed by atoms with Crippen LogP contribution in [-0.4, -0.2) is 0 Å². The number of hydrogen-bond acceptors (Lipinski definition) is 0. The van der Waals surface area contributed by atoms with Crippen LogP contribution in [0.25, 0.3) is 0 Å². The van der Waals surface area contributed by atoms with Gasteiger partial charge in [0.25, 0.3) is 0 Å². The highest BCUT2D eigenvalue weighted by Gasteiger charge is 1.78. The lowest BCUT2D eigenvalue weighted by molar-refractivity contribution is 0.865. The number of hydrogen-bond donors (Lipinski definition) is 0. The minimum atomic E-state index is 0.475. The van der Waals surface area contributed by atoms with E-state index in [9.17, 15) is 0 Å². The van der Waals surface area contributed by atoms with Crippen molar-refractivity contribution in [3.05, 3.63) is 0 Å². The first-order valence-electron chi connectivity index (χ1n) is 4.21. The molecule has 0 aromatic heterocycles. The Hall–Kier alpha value is -0.880. The molecule has 0 nitrogen and oxygen atoms in total. The van der Waals surface area contributed by atoms with Crippen molar-refractivity contribution in [3.63, 3.8) is 0 Å². The van der Waals surface area contributed by atoms with Gasteiger partial charge in [0.1, 0.15) is 0 Å². The highest BCUT2D eigenvalue weighted by molar-refractivity contribution is 5.12. The SMILES string of the molecule is CCCC#CCC#CC(C)C. The molecule has 0 heteroatoms. The average molecular weight is 148 g/mol. The van der Waals surface area contributed by atoms with Gasteiger partial charge in [0.2, 0.25) is 0 Å². The fraction of sp³-hybridized carbons (Fsp3) is 0.636. The maximum Gasteiger partial charge on any atom is 0.0702 e. The van der Waals surface area contributed by atoms with E-state index in [0.717, 1.165) is 19.3 Å². The van der Waals surface area contributed by atoms with Crippen LogP contribution in [0.5, 0.6) is 0 Å². The van der Waals surface area contributed by atoms with Crippen LogP contribution in [0.1, 0.15) is 40.0 Å². The van der Waals surface area contributed by atoms with E-state index in [1.807, 2.05) is 0 Å². The van der Waals surface area contributed by atoms with E-state index in [-0.39, 0.29) is 0 Å². The Morgan fingerprint density at radius 1 is 1.09 bits per heavy atom. The largest absolute Gasteiger partial charge is 0.102 e. The second-order valence-corrected chi connectivity index (χ2v) is 2.76. The third-order valence-corrected chi connectivity index (χ3v) is 1.07. The van der Waals surface area contributed by atoms with Crippen molar-refractivity contribution in [1.29, 1.82) is 0 Å². The maximum absolute atomic E-state index is 3.07. The van der Waals surface area contributed by atoms with Crippen molar-refractivity contribution in [2.45, 2.75) is 40.0 Å². The van der Waals surface area contributed by atoms with Gasteiger partial charge in [-0.05, 0) is 6.42 Å². The molecule has 0 unspecified atom stereocenters. The van der Waals surface area contributed by atoms with Crippen LogP contribution in [-0.2, 0) is 0 Å². The topological polar surface area (TPSA) is 0 Å². The summed E-state index contributed by atoms with van der Waals surface area (Å²) >= 11 is 0. The van der Waals surface area contributed by atoms with E-state index in [1.165, 1.54) is 0 Å². The van der Waals surface area contributed by atoms with E-state index in [2.05, 4.69) is 44.5 Å². The van der Waals surface area contributed by atoms with Crippen LogP contribution in [0.2, 0.25) is 0 Å². The predicted octanol–water partition coefficient (Wildman–Crippen LogP) is 2.84. The molecule has 11 heavy (non-hydrogen) atoms. The van der Waals surface area contributed by atoms with Crippen LogP contribution in [0, 0.1) is 29.6 Å². The zero-order valence-electron chi connectivity index (χ0n) is 7.70. The molecule has 0 bridgehead atoms. The van der Waals surface area contributed by atoms with Gasteiger partial charge < -0.3 is 0 Å². The lowest BCUT2D eigenvalue weighted by Crippen LogP contribution is -1.76. The number of unbranched alkanes of at least 4 members (excludes halogenated alkanes) is 1. The van der Waals surface area contributed by atoms with E-state index in [1.54, 1.807) is 0 Å². The summed E-state index contributed by atoms with van der Waals surface area (Å²) in [6.07, 6.45) is 2.88. The molecule has 0 radical (unpaired) electrons. The Bertz CT molecular complexity index is 190. The molecular weight excluding hydrogens is 132 g/mol. The standard InChI is InChI=1S/C11H16/c1-4-5-6-7-8-9-10-11(2)3/h11H,4-5,8H2,1-3H3. The van der Waals surface area contributed by atoms with Gasteiger partial charge in [-0.3, -0.25) is 0 Å². The first-order chi connectivity index (χ1) is 5.27. The molecule has 0 rings (SSSR count). The van der Waals surface area contributed by atoms with E-state index < -0.39 is 0 Å². The van der Waals surface area contributed by atoms with Gasteiger partial charge in [0.05, 0.1) is 6.42 Å². The van der Waals surface area contributed by atoms with Crippen LogP contribution in [0.4, 0.5) is 0 Å². The first kappa shape index (κ1) is 10.1. The van der Waals surface area contributed by atoms with Gasteiger partial charge in [-0.2, -0.15) is 0 Å². The summed E-state index contributed by atoms with van der Waals surface area (Å²) in [4.78, 5) is 0. The second-order valence-electron chi connectivity index (χ2n) is 2.76. The van der Waals surface area contributed by atoms with Crippen molar-refractivity contribution < 1.29 is 0 Å². The van der Waals surface area contributed by atoms with Gasteiger partial charge in [0.15, 0.2) is 0 Å². The Kier molecular flexibility index (Phi) is 6.65. The lowest BCUT2D eigenvalue weighted by atomic mass is 10.2. The van der Waals surface area contributed by atoms with Gasteiger partial charge in [-0.25, -0.2) is 0 Å². The molecule has 0 amide bonds. The molecular formula is C11H16. The quantitative estimate of drug-likeness (QED) is 0.502. The Labute approximate surface area is 70.4 Å². The van der Waals surface area contributed by atoms with Crippen molar-refractivity contribution in [2.24, 2.45) is 5.92 Å². The zero-order chi connectivity index (χ0) is 8.53. The number of rotatable bonds is 1. The Balaban J connectivity index is 3.44. The zero-order valence-corrected chi connectivity index (χ0v) is 7.70. The fourth-order valence-corrected chi connectivity index (χ4v) is 0.575. The molecule has 0 aliphatic heterocycles. The maximum atomic E-state index is 3.07. The third-order valence-electron chi connectivity index (χ3n) is 1.07. The molecule has 0 saturated carbocycles. The van der Waals surface area contributed by atoms with E-state index in [4.69, 9.17) is 0 Å². The van der Waals surface area contributed by atoms with Gasteiger partial charge in [0, 0.05) is 12.3 Å². The molecule has 0 spiro atoms. The monoisotopic (exact) mass is 148 g/mol. The summed E-state index contributed by atoms with van der Waals surface area (Å²) in [5, 5.41) is 0. The smallest absolute Gasteiger partial charge is 0.0702 e. The van der Waals surface area contributed by atoms with Crippen molar-refractivity contribution in [2.75, 3.05) is 0 Å². The van der Waals surface area contributed by atoms with Gasteiger partial charge in [-0.15, -0.1) is 5.92 Å². The summed E-state index contributed by atoms with van der Waals surface area (Å²) in [6, 6.07) is 0. The first-order valence-corrected chi connectivity index (χ1v) is 4.21. The summed E-state index contributed by atoms with van der Waals surface area (Å²) in [5.74, 6) is 12.6. The van der Waals surface area contributed by atoms with Crippen LogP contribution >= 0.6 is 0 Å². The van der Waals surface area contributed by atoms with Crippen molar-refractivity contribution in [3.8, 4) is 23.7 Å². The molecule has 0 N–H and O–H groups in total. The normalized spacial score (nSPS) is 8.00. The summed E-state index contributed by atoms with van der Waals surface area (Å²) in [7, 11) is 0. The van der Waals surface area contributed by atoms with Crippen LogP contribution in [0.3, 0.4) is 0 Å². The molecule has 0 atom stereocenters. The summed E-state index contributed by atoms with van der Waals surface area (Å²) in [5.41, 5.74) is 0. The Morgan fingerprint density at radius 3 is 2.36 bits per heavy atom. The summed E-state index contributed by atoms with van der Waals surface area (Å²) < 4.78 is 0. The molecule has 60 valence electrons. The lowest BCUT2D eigenvalue weighted by Gasteiger charge is -1.84. The molecule has 0 aliphatic rings. The predicted molar refractivity (Wildman–Crippen MR) is 49.9 cm³/mol. The molecule has 0 heterocycles. The van der Waals surface area contributed by atoms with Gasteiger partial charge in [-0.1, -0.05) is 38.5 Å². The Morgan fingerprint density at radius 2 is 1.82 bits per heavy atom. The fourth-order valence-electron chi connectivity index (χ4n) is 0.575. The third kappa shape index (κ3) is 9.12. The highest BCUT2D eigenvalue weighted by atomic mass is 13.8. The van der Waals surface area contributed by atoms with Crippen molar-refractivity contribution >= 4 is 0 Å². The molecule has 0 fully saturated rings. The molecule has 0 aromatic carbocycles. The highest BCUT2D eigenvalue weighted by Crippen LogP contribution is 1.86. The molecule has 0 saturated heterocycles.